The van der Waals surface area contributed by atoms with Crippen molar-refractivity contribution >= 4 is 34.0 Å². The molecule has 0 radical (unpaired) electrons. The van der Waals surface area contributed by atoms with Gasteiger partial charge in [-0.25, -0.2) is 4.99 Å². The zero-order chi connectivity index (χ0) is 40.1. The van der Waals surface area contributed by atoms with Crippen LogP contribution in [0.25, 0.3) is 55.9 Å². The lowest BCUT2D eigenvalue weighted by atomic mass is 9.81. The van der Waals surface area contributed by atoms with Crippen LogP contribution in [0.5, 0.6) is 0 Å². The molecule has 0 bridgehead atoms. The number of benzene rings is 6. The van der Waals surface area contributed by atoms with Crippen molar-refractivity contribution in [2.24, 2.45) is 15.9 Å². The topological polar surface area (TPSA) is 24.7 Å². The Morgan fingerprint density at radius 3 is 2.22 bits per heavy atom. The standard InChI is InChI=1S/C57H44N2/c1-5-7-20-52-38(6-2)31-47(30-37-15-9-8-10-16-37)56(59-52)41-24-22-39(23-25-41)44-32-45(34-46(33-44)54-36-43-18-12-14-21-53(43)58-54)42-26-28-49-51(35-42)57(3,4)50-29-27-40-17-11-13-19-48(40)55(49)50/h5-30,32-36,43H,1-2,31H2,3-4H3/b20-7-,47-30-. The lowest BCUT2D eigenvalue weighted by Crippen LogP contribution is -2.15. The third kappa shape index (κ3) is 6.48. The van der Waals surface area contributed by atoms with Gasteiger partial charge in [0.05, 0.1) is 22.8 Å². The van der Waals surface area contributed by atoms with Gasteiger partial charge in [-0.1, -0.05) is 167 Å². The van der Waals surface area contributed by atoms with Crippen LogP contribution in [0.3, 0.4) is 0 Å². The molecule has 1 unspecified atom stereocenters. The first kappa shape index (κ1) is 36.2. The number of allylic oxidation sites excluding steroid dienone is 11. The monoisotopic (exact) mass is 756 g/mol. The second-order valence-electron chi connectivity index (χ2n) is 16.3. The highest BCUT2D eigenvalue weighted by Crippen LogP contribution is 2.52. The summed E-state index contributed by atoms with van der Waals surface area (Å²) in [5.74, 6) is 0.201. The smallest absolute Gasteiger partial charge is 0.0744 e. The summed E-state index contributed by atoms with van der Waals surface area (Å²) in [6.45, 7) is 12.7. The van der Waals surface area contributed by atoms with E-state index in [-0.39, 0.29) is 11.3 Å². The second-order valence-corrected chi connectivity index (χ2v) is 16.3. The van der Waals surface area contributed by atoms with E-state index in [0.717, 1.165) is 68.2 Å². The average Bonchev–Trinajstić information content (AvgIpc) is 3.82. The zero-order valence-electron chi connectivity index (χ0n) is 33.5. The fourth-order valence-electron chi connectivity index (χ4n) is 9.17. The van der Waals surface area contributed by atoms with Crippen molar-refractivity contribution in [2.75, 3.05) is 0 Å². The molecule has 2 aliphatic heterocycles. The first-order valence-electron chi connectivity index (χ1n) is 20.5. The van der Waals surface area contributed by atoms with Gasteiger partial charge >= 0.3 is 0 Å². The van der Waals surface area contributed by atoms with Gasteiger partial charge in [0.15, 0.2) is 0 Å². The Balaban J connectivity index is 1.08. The number of fused-ring (bicyclic) bond motifs is 6. The van der Waals surface area contributed by atoms with Crippen molar-refractivity contribution in [2.45, 2.75) is 25.7 Å². The van der Waals surface area contributed by atoms with E-state index >= 15 is 0 Å². The highest BCUT2D eigenvalue weighted by molar-refractivity contribution is 6.16. The van der Waals surface area contributed by atoms with Gasteiger partial charge < -0.3 is 0 Å². The molecule has 0 aromatic heterocycles. The molecule has 2 heterocycles. The Hall–Kier alpha value is -7.16. The largest absolute Gasteiger partial charge is 0.252 e. The van der Waals surface area contributed by atoms with Crippen LogP contribution in [0.15, 0.2) is 222 Å². The molecular weight excluding hydrogens is 713 g/mol. The van der Waals surface area contributed by atoms with Crippen molar-refractivity contribution in [3.05, 3.63) is 240 Å². The van der Waals surface area contributed by atoms with E-state index in [9.17, 15) is 0 Å². The van der Waals surface area contributed by atoms with E-state index < -0.39 is 0 Å². The Bertz CT molecular complexity index is 2990. The predicted octanol–water partition coefficient (Wildman–Crippen LogP) is 14.5. The van der Waals surface area contributed by atoms with Gasteiger partial charge in [0.25, 0.3) is 0 Å². The van der Waals surface area contributed by atoms with E-state index in [2.05, 4.69) is 185 Å². The van der Waals surface area contributed by atoms with Crippen molar-refractivity contribution in [3.63, 3.8) is 0 Å². The van der Waals surface area contributed by atoms with Crippen molar-refractivity contribution in [1.82, 2.24) is 0 Å². The van der Waals surface area contributed by atoms with Crippen molar-refractivity contribution in [3.8, 4) is 33.4 Å². The van der Waals surface area contributed by atoms with Crippen LogP contribution in [0.4, 0.5) is 0 Å². The van der Waals surface area contributed by atoms with E-state index in [1.54, 1.807) is 6.08 Å². The highest BCUT2D eigenvalue weighted by Gasteiger charge is 2.36. The molecular formula is C57H44N2. The quantitative estimate of drug-likeness (QED) is 0.138. The van der Waals surface area contributed by atoms with Crippen LogP contribution >= 0.6 is 0 Å². The number of hydrogen-bond donors (Lipinski definition) is 0. The van der Waals surface area contributed by atoms with Crippen LogP contribution in [0, 0.1) is 5.92 Å². The van der Waals surface area contributed by atoms with Gasteiger partial charge in [-0.2, -0.15) is 0 Å². The Morgan fingerprint density at radius 1 is 0.678 bits per heavy atom. The van der Waals surface area contributed by atoms with Gasteiger partial charge in [0, 0.05) is 28.9 Å². The summed E-state index contributed by atoms with van der Waals surface area (Å²) in [6.07, 6.45) is 21.5. The SMILES string of the molecule is C=C/C=C\C1=C(C=C)C/C(=C/c2ccccc2)C(c2ccc(-c3cc(C4=CC5C=CC=CC5=N4)cc(-c4ccc5c(c4)C(C)(C)c4ccc6ccccc6c4-5)c3)cc2)=N1. The van der Waals surface area contributed by atoms with E-state index in [1.807, 2.05) is 24.3 Å². The van der Waals surface area contributed by atoms with Crippen molar-refractivity contribution < 1.29 is 0 Å². The molecule has 0 amide bonds. The molecule has 6 aromatic rings. The van der Waals surface area contributed by atoms with E-state index in [4.69, 9.17) is 9.98 Å². The number of hydrogen-bond acceptors (Lipinski definition) is 2. The normalized spacial score (nSPS) is 18.1. The maximum Gasteiger partial charge on any atom is 0.0744 e. The highest BCUT2D eigenvalue weighted by atomic mass is 14.8. The van der Waals surface area contributed by atoms with Gasteiger partial charge in [-0.15, -0.1) is 0 Å². The molecule has 2 aliphatic carbocycles. The minimum absolute atomic E-state index is 0.131. The van der Waals surface area contributed by atoms with Crippen LogP contribution in [-0.4, -0.2) is 11.4 Å². The first-order valence-corrected chi connectivity index (χ1v) is 20.5. The molecule has 59 heavy (non-hydrogen) atoms. The minimum atomic E-state index is -0.131. The molecule has 1 atom stereocenters. The lowest BCUT2D eigenvalue weighted by molar-refractivity contribution is 0.661. The van der Waals surface area contributed by atoms with Gasteiger partial charge in [-0.05, 0) is 121 Å². The van der Waals surface area contributed by atoms with Gasteiger partial charge in [-0.3, -0.25) is 4.99 Å². The molecule has 2 heteroatoms. The fraction of sp³-hybridized carbons (Fsp3) is 0.0877. The Kier molecular flexibility index (Phi) is 8.99. The van der Waals surface area contributed by atoms with Crippen LogP contribution in [-0.2, 0) is 5.41 Å². The molecule has 0 saturated heterocycles. The summed E-state index contributed by atoms with van der Waals surface area (Å²) >= 11 is 0. The summed E-state index contributed by atoms with van der Waals surface area (Å²) in [4.78, 5) is 10.4. The Morgan fingerprint density at radius 2 is 1.42 bits per heavy atom. The van der Waals surface area contributed by atoms with Crippen molar-refractivity contribution in [1.29, 1.82) is 0 Å². The molecule has 10 rings (SSSR count). The molecule has 6 aromatic carbocycles. The second kappa shape index (κ2) is 14.7. The summed E-state index contributed by atoms with van der Waals surface area (Å²) in [7, 11) is 0. The zero-order valence-corrected chi connectivity index (χ0v) is 33.5. The molecule has 282 valence electrons. The van der Waals surface area contributed by atoms with Crippen LogP contribution in [0.1, 0.15) is 48.1 Å². The third-order valence-electron chi connectivity index (χ3n) is 12.3. The maximum absolute atomic E-state index is 5.24. The lowest BCUT2D eigenvalue weighted by Gasteiger charge is -2.22. The van der Waals surface area contributed by atoms with Gasteiger partial charge in [0.2, 0.25) is 0 Å². The first-order chi connectivity index (χ1) is 28.9. The van der Waals surface area contributed by atoms with E-state index in [1.165, 1.54) is 44.2 Å². The Labute approximate surface area is 347 Å². The molecule has 4 aliphatic rings. The number of rotatable bonds is 8. The third-order valence-corrected chi connectivity index (χ3v) is 12.3. The average molecular weight is 757 g/mol. The number of nitrogens with zero attached hydrogens (tertiary/aromatic N) is 2. The summed E-state index contributed by atoms with van der Waals surface area (Å²) in [5, 5.41) is 2.60. The molecule has 0 spiro atoms. The minimum Gasteiger partial charge on any atom is -0.252 e. The fourth-order valence-corrected chi connectivity index (χ4v) is 9.17. The predicted molar refractivity (Wildman–Crippen MR) is 252 cm³/mol. The van der Waals surface area contributed by atoms with Gasteiger partial charge in [0.1, 0.15) is 0 Å². The van der Waals surface area contributed by atoms with E-state index in [0.29, 0.717) is 0 Å². The van der Waals surface area contributed by atoms with Crippen LogP contribution < -0.4 is 0 Å². The maximum atomic E-state index is 5.24. The summed E-state index contributed by atoms with van der Waals surface area (Å²) in [5.41, 5.74) is 19.5. The number of aliphatic imine (C=N–C) groups is 2. The molecule has 0 saturated carbocycles. The van der Waals surface area contributed by atoms with Crippen LogP contribution in [0.2, 0.25) is 0 Å². The summed E-state index contributed by atoms with van der Waals surface area (Å²) < 4.78 is 0. The molecule has 2 nitrogen and oxygen atoms in total. The summed E-state index contributed by atoms with van der Waals surface area (Å²) in [6, 6.07) is 46.8. The molecule has 0 fully saturated rings. The molecule has 0 N–H and O–H groups in total.